The molecular formula is C18H19N5O2S. The van der Waals surface area contributed by atoms with Gasteiger partial charge in [-0.05, 0) is 25.3 Å². The molecule has 0 unspecified atom stereocenters. The van der Waals surface area contributed by atoms with Gasteiger partial charge in [-0.15, -0.1) is 11.3 Å². The highest BCUT2D eigenvalue weighted by atomic mass is 32.1. The molecule has 0 atom stereocenters. The predicted octanol–water partition coefficient (Wildman–Crippen LogP) is 3.07. The molecule has 3 N–H and O–H groups in total. The summed E-state index contributed by atoms with van der Waals surface area (Å²) in [6.45, 7) is 0. The van der Waals surface area contributed by atoms with Gasteiger partial charge in [0.25, 0.3) is 5.91 Å². The van der Waals surface area contributed by atoms with Crippen LogP contribution in [0.4, 0.5) is 16.6 Å². The Hall–Kier alpha value is -2.48. The summed E-state index contributed by atoms with van der Waals surface area (Å²) in [4.78, 5) is 33.4. The fraction of sp³-hybridized carbons (Fsp3) is 0.444. The Bertz CT molecular complexity index is 916. The molecule has 2 aliphatic heterocycles. The Morgan fingerprint density at radius 2 is 1.96 bits per heavy atom. The van der Waals surface area contributed by atoms with Crippen LogP contribution in [0.1, 0.15) is 59.3 Å². The molecule has 134 valence electrons. The first-order chi connectivity index (χ1) is 12.6. The lowest BCUT2D eigenvalue weighted by Gasteiger charge is -2.33. The normalized spacial score (nSPS) is 20.3. The lowest BCUT2D eigenvalue weighted by Crippen LogP contribution is -2.40. The summed E-state index contributed by atoms with van der Waals surface area (Å²) in [5, 5.41) is 10.3. The Balaban J connectivity index is 1.48. The third-order valence-corrected chi connectivity index (χ3v) is 6.61. The number of rotatable bonds is 2. The molecule has 2 aromatic heterocycles. The number of thiophene rings is 1. The Kier molecular flexibility index (Phi) is 3.49. The van der Waals surface area contributed by atoms with E-state index < -0.39 is 0 Å². The number of aromatic nitrogens is 2. The summed E-state index contributed by atoms with van der Waals surface area (Å²) in [5.74, 6) is 1.29. The molecule has 5 rings (SSSR count). The first-order valence-electron chi connectivity index (χ1n) is 9.02. The summed E-state index contributed by atoms with van der Waals surface area (Å²) in [5.41, 5.74) is 1.86. The van der Waals surface area contributed by atoms with E-state index in [2.05, 4.69) is 32.0 Å². The van der Waals surface area contributed by atoms with E-state index in [1.807, 2.05) is 0 Å². The van der Waals surface area contributed by atoms with Crippen molar-refractivity contribution >= 4 is 39.8 Å². The van der Waals surface area contributed by atoms with Gasteiger partial charge in [-0.2, -0.15) is 0 Å². The van der Waals surface area contributed by atoms with Crippen LogP contribution in [0.15, 0.2) is 12.4 Å². The Morgan fingerprint density at radius 1 is 1.12 bits per heavy atom. The first kappa shape index (κ1) is 15.7. The molecule has 1 aliphatic carbocycles. The molecule has 26 heavy (non-hydrogen) atoms. The van der Waals surface area contributed by atoms with E-state index in [-0.39, 0.29) is 17.4 Å². The standard InChI is InChI=1S/C18H19N5O2S/c24-12-5-4-10-15(21-12)19-9-20-16(10)22-13-8-11-14(26-13)17(25)23-18(11)6-2-1-3-7-18/h8-9H,1-7H2,(H,23,25)(H2,19,20,21,22,24). The largest absolute Gasteiger partial charge is 0.342 e. The molecule has 3 aliphatic rings. The molecule has 7 nitrogen and oxygen atoms in total. The molecule has 1 spiro atoms. The van der Waals surface area contributed by atoms with Crippen LogP contribution in [-0.4, -0.2) is 21.8 Å². The maximum Gasteiger partial charge on any atom is 0.262 e. The maximum absolute atomic E-state index is 12.5. The van der Waals surface area contributed by atoms with Gasteiger partial charge in [-0.3, -0.25) is 9.59 Å². The fourth-order valence-electron chi connectivity index (χ4n) is 4.28. The van der Waals surface area contributed by atoms with E-state index >= 15 is 0 Å². The third kappa shape index (κ3) is 2.39. The van der Waals surface area contributed by atoms with Crippen LogP contribution in [0, 0.1) is 0 Å². The SMILES string of the molecule is O=C1CCc2c(ncnc2Nc2cc3c(s2)C(=O)NC32CCCCC2)N1. The predicted molar refractivity (Wildman–Crippen MR) is 98.8 cm³/mol. The minimum absolute atomic E-state index is 0.0202. The smallest absolute Gasteiger partial charge is 0.262 e. The quantitative estimate of drug-likeness (QED) is 0.756. The van der Waals surface area contributed by atoms with E-state index in [1.165, 1.54) is 24.1 Å². The summed E-state index contributed by atoms with van der Waals surface area (Å²) < 4.78 is 0. The second-order valence-electron chi connectivity index (χ2n) is 7.17. The van der Waals surface area contributed by atoms with Crippen molar-refractivity contribution in [1.82, 2.24) is 15.3 Å². The number of carbonyl (C=O) groups is 2. The molecule has 8 heteroatoms. The first-order valence-corrected chi connectivity index (χ1v) is 9.84. The number of amides is 2. The zero-order valence-electron chi connectivity index (χ0n) is 14.2. The van der Waals surface area contributed by atoms with Crippen molar-refractivity contribution in [2.24, 2.45) is 0 Å². The number of anilines is 3. The average Bonchev–Trinajstić information content (AvgIpc) is 3.16. The molecular weight excluding hydrogens is 350 g/mol. The van der Waals surface area contributed by atoms with Crippen LogP contribution >= 0.6 is 11.3 Å². The van der Waals surface area contributed by atoms with Gasteiger partial charge in [0.1, 0.15) is 18.0 Å². The second kappa shape index (κ2) is 5.77. The number of hydrogen-bond acceptors (Lipinski definition) is 6. The highest BCUT2D eigenvalue weighted by Gasteiger charge is 2.45. The molecule has 1 fully saturated rings. The van der Waals surface area contributed by atoms with E-state index in [0.717, 1.165) is 46.7 Å². The van der Waals surface area contributed by atoms with Crippen LogP contribution in [0.25, 0.3) is 0 Å². The van der Waals surface area contributed by atoms with Gasteiger partial charge >= 0.3 is 0 Å². The number of nitrogens with zero attached hydrogens (tertiary/aromatic N) is 2. The van der Waals surface area contributed by atoms with Crippen molar-refractivity contribution in [3.05, 3.63) is 28.4 Å². The summed E-state index contributed by atoms with van der Waals surface area (Å²) in [7, 11) is 0. The van der Waals surface area contributed by atoms with E-state index in [4.69, 9.17) is 0 Å². The van der Waals surface area contributed by atoms with E-state index in [1.54, 1.807) is 0 Å². The van der Waals surface area contributed by atoms with Gasteiger partial charge < -0.3 is 16.0 Å². The Labute approximate surface area is 154 Å². The molecule has 2 aromatic rings. The number of fused-ring (bicyclic) bond motifs is 3. The van der Waals surface area contributed by atoms with Crippen LogP contribution in [-0.2, 0) is 16.8 Å². The van der Waals surface area contributed by atoms with Crippen LogP contribution < -0.4 is 16.0 Å². The molecule has 2 amide bonds. The summed E-state index contributed by atoms with van der Waals surface area (Å²) >= 11 is 1.47. The van der Waals surface area contributed by atoms with Crippen molar-refractivity contribution in [1.29, 1.82) is 0 Å². The highest BCUT2D eigenvalue weighted by molar-refractivity contribution is 7.18. The van der Waals surface area contributed by atoms with Crippen molar-refractivity contribution in [2.75, 3.05) is 10.6 Å². The van der Waals surface area contributed by atoms with Gasteiger partial charge in [0, 0.05) is 17.5 Å². The van der Waals surface area contributed by atoms with E-state index in [9.17, 15) is 9.59 Å². The average molecular weight is 369 g/mol. The maximum atomic E-state index is 12.5. The van der Waals surface area contributed by atoms with Crippen LogP contribution in [0.3, 0.4) is 0 Å². The van der Waals surface area contributed by atoms with Crippen LogP contribution in [0.5, 0.6) is 0 Å². The minimum atomic E-state index is -0.180. The molecule has 0 radical (unpaired) electrons. The highest BCUT2D eigenvalue weighted by Crippen LogP contribution is 2.47. The summed E-state index contributed by atoms with van der Waals surface area (Å²) in [6.07, 6.45) is 8.05. The Morgan fingerprint density at radius 3 is 2.81 bits per heavy atom. The number of carbonyl (C=O) groups excluding carboxylic acids is 2. The zero-order chi connectivity index (χ0) is 17.7. The van der Waals surface area contributed by atoms with Crippen molar-refractivity contribution in [3.8, 4) is 0 Å². The van der Waals surface area contributed by atoms with Gasteiger partial charge in [0.2, 0.25) is 5.91 Å². The molecule has 0 aromatic carbocycles. The van der Waals surface area contributed by atoms with Gasteiger partial charge in [-0.1, -0.05) is 19.3 Å². The molecule has 4 heterocycles. The minimum Gasteiger partial charge on any atom is -0.342 e. The lowest BCUT2D eigenvalue weighted by atomic mass is 9.78. The fourth-order valence-corrected chi connectivity index (χ4v) is 5.33. The zero-order valence-corrected chi connectivity index (χ0v) is 15.0. The lowest BCUT2D eigenvalue weighted by molar-refractivity contribution is -0.116. The second-order valence-corrected chi connectivity index (χ2v) is 8.23. The van der Waals surface area contributed by atoms with Crippen LogP contribution in [0.2, 0.25) is 0 Å². The molecule has 1 saturated carbocycles. The summed E-state index contributed by atoms with van der Waals surface area (Å²) in [6, 6.07) is 2.10. The monoisotopic (exact) mass is 369 g/mol. The van der Waals surface area contributed by atoms with Gasteiger partial charge in [0.15, 0.2) is 0 Å². The van der Waals surface area contributed by atoms with Crippen molar-refractivity contribution in [2.45, 2.75) is 50.5 Å². The number of nitrogens with one attached hydrogen (secondary N) is 3. The topological polar surface area (TPSA) is 96.0 Å². The third-order valence-electron chi connectivity index (χ3n) is 5.56. The van der Waals surface area contributed by atoms with Gasteiger partial charge in [-0.25, -0.2) is 9.97 Å². The van der Waals surface area contributed by atoms with Gasteiger partial charge in [0.05, 0.1) is 15.4 Å². The number of hydrogen-bond donors (Lipinski definition) is 3. The van der Waals surface area contributed by atoms with Crippen molar-refractivity contribution in [3.63, 3.8) is 0 Å². The molecule has 0 bridgehead atoms. The molecule has 0 saturated heterocycles. The van der Waals surface area contributed by atoms with Crippen molar-refractivity contribution < 1.29 is 9.59 Å². The van der Waals surface area contributed by atoms with E-state index in [0.29, 0.717) is 24.5 Å².